The van der Waals surface area contributed by atoms with Crippen molar-refractivity contribution >= 4 is 15.9 Å². The molecule has 1 aromatic carbocycles. The van der Waals surface area contributed by atoms with Gasteiger partial charge in [0.05, 0.1) is 0 Å². The minimum atomic E-state index is 0.802. The lowest BCUT2D eigenvalue weighted by molar-refractivity contribution is 0.202. The van der Waals surface area contributed by atoms with Gasteiger partial charge in [-0.15, -0.1) is 0 Å². The van der Waals surface area contributed by atoms with Gasteiger partial charge in [0, 0.05) is 11.0 Å². The lowest BCUT2D eigenvalue weighted by Crippen LogP contribution is -2.16. The molecule has 0 saturated heterocycles. The van der Waals surface area contributed by atoms with Crippen LogP contribution in [-0.4, -0.2) is 6.54 Å². The summed E-state index contributed by atoms with van der Waals surface area (Å²) < 4.78 is 1.06. The molecule has 0 amide bonds. The first-order valence-corrected chi connectivity index (χ1v) is 4.27. The summed E-state index contributed by atoms with van der Waals surface area (Å²) in [5.41, 5.74) is 2.77. The Morgan fingerprint density at radius 2 is 2.00 bits per heavy atom. The summed E-state index contributed by atoms with van der Waals surface area (Å²) in [7, 11) is 0. The molecule has 2 nitrogen and oxygen atoms in total. The van der Waals surface area contributed by atoms with E-state index < -0.39 is 0 Å². The molecule has 0 fully saturated rings. The van der Waals surface area contributed by atoms with Crippen molar-refractivity contribution in [2.75, 3.05) is 6.54 Å². The largest absolute Gasteiger partial charge is 0.409 e. The smallest absolute Gasteiger partial charge is 0.147 e. The molecule has 0 spiro atoms. The van der Waals surface area contributed by atoms with Crippen molar-refractivity contribution in [3.8, 4) is 5.75 Å². The number of hydroxylamine groups is 1. The van der Waals surface area contributed by atoms with Crippen LogP contribution in [0.1, 0.15) is 6.92 Å². The Labute approximate surface area is 74.6 Å². The first-order valence-electron chi connectivity index (χ1n) is 3.48. The average molecular weight is 216 g/mol. The van der Waals surface area contributed by atoms with Crippen LogP contribution in [0.15, 0.2) is 28.7 Å². The molecule has 0 bridgehead atoms. The summed E-state index contributed by atoms with van der Waals surface area (Å²) in [5, 5.41) is 0. The van der Waals surface area contributed by atoms with Crippen molar-refractivity contribution in [2.24, 2.45) is 0 Å². The molecule has 1 aromatic rings. The van der Waals surface area contributed by atoms with E-state index in [-0.39, 0.29) is 0 Å². The molecule has 1 rings (SSSR count). The molecule has 0 aliphatic heterocycles. The SMILES string of the molecule is CCNOc1ccc(Br)cc1. The van der Waals surface area contributed by atoms with E-state index >= 15 is 0 Å². The van der Waals surface area contributed by atoms with Gasteiger partial charge in [-0.25, -0.2) is 0 Å². The van der Waals surface area contributed by atoms with Crippen LogP contribution in [0.4, 0.5) is 0 Å². The van der Waals surface area contributed by atoms with Crippen LogP contribution in [0.3, 0.4) is 0 Å². The third-order valence-electron chi connectivity index (χ3n) is 1.15. The molecule has 0 heterocycles. The number of halogens is 1. The highest BCUT2D eigenvalue weighted by Crippen LogP contribution is 2.14. The number of rotatable bonds is 3. The van der Waals surface area contributed by atoms with Gasteiger partial charge in [0.1, 0.15) is 5.75 Å². The highest BCUT2D eigenvalue weighted by atomic mass is 79.9. The maximum Gasteiger partial charge on any atom is 0.147 e. The van der Waals surface area contributed by atoms with Crippen molar-refractivity contribution in [2.45, 2.75) is 6.92 Å². The van der Waals surface area contributed by atoms with E-state index in [1.807, 2.05) is 31.2 Å². The second-order valence-corrected chi connectivity index (χ2v) is 2.97. The zero-order valence-electron chi connectivity index (χ0n) is 6.30. The molecule has 11 heavy (non-hydrogen) atoms. The number of nitrogens with one attached hydrogen (secondary N) is 1. The average Bonchev–Trinajstić information content (AvgIpc) is 2.04. The Hall–Kier alpha value is -0.540. The third kappa shape index (κ3) is 2.91. The predicted molar refractivity (Wildman–Crippen MR) is 48.4 cm³/mol. The van der Waals surface area contributed by atoms with Crippen molar-refractivity contribution in [1.29, 1.82) is 0 Å². The van der Waals surface area contributed by atoms with Crippen LogP contribution in [0, 0.1) is 0 Å². The monoisotopic (exact) mass is 215 g/mol. The standard InChI is InChI=1S/C8H10BrNO/c1-2-10-11-8-5-3-7(9)4-6-8/h3-6,10H,2H2,1H3. The highest BCUT2D eigenvalue weighted by molar-refractivity contribution is 9.10. The van der Waals surface area contributed by atoms with Gasteiger partial charge in [0.2, 0.25) is 0 Å². The molecule has 0 radical (unpaired) electrons. The molecule has 3 heteroatoms. The lowest BCUT2D eigenvalue weighted by atomic mass is 10.3. The summed E-state index contributed by atoms with van der Waals surface area (Å²) in [4.78, 5) is 5.14. The van der Waals surface area contributed by atoms with E-state index in [1.165, 1.54) is 0 Å². The second kappa shape index (κ2) is 4.36. The van der Waals surface area contributed by atoms with Crippen LogP contribution in [0.2, 0.25) is 0 Å². The minimum absolute atomic E-state index is 0.802. The van der Waals surface area contributed by atoms with Gasteiger partial charge in [-0.2, -0.15) is 5.48 Å². The fourth-order valence-corrected chi connectivity index (χ4v) is 0.922. The Kier molecular flexibility index (Phi) is 3.39. The molecule has 0 aliphatic carbocycles. The maximum atomic E-state index is 5.14. The molecule has 60 valence electrons. The molecular weight excluding hydrogens is 206 g/mol. The number of hydrogen-bond acceptors (Lipinski definition) is 2. The van der Waals surface area contributed by atoms with Crippen LogP contribution >= 0.6 is 15.9 Å². The van der Waals surface area contributed by atoms with Gasteiger partial charge < -0.3 is 4.84 Å². The first-order chi connectivity index (χ1) is 5.33. The van der Waals surface area contributed by atoms with Gasteiger partial charge in [-0.1, -0.05) is 15.9 Å². The van der Waals surface area contributed by atoms with E-state index in [4.69, 9.17) is 4.84 Å². The van der Waals surface area contributed by atoms with Crippen LogP contribution in [-0.2, 0) is 0 Å². The molecule has 0 unspecified atom stereocenters. The molecule has 0 saturated carbocycles. The van der Waals surface area contributed by atoms with Crippen molar-refractivity contribution in [1.82, 2.24) is 5.48 Å². The summed E-state index contributed by atoms with van der Waals surface area (Å²) in [6.07, 6.45) is 0. The van der Waals surface area contributed by atoms with E-state index in [0.29, 0.717) is 0 Å². The molecule has 0 atom stereocenters. The second-order valence-electron chi connectivity index (χ2n) is 2.05. The minimum Gasteiger partial charge on any atom is -0.409 e. The van der Waals surface area contributed by atoms with Gasteiger partial charge in [0.15, 0.2) is 0 Å². The van der Waals surface area contributed by atoms with Crippen LogP contribution in [0.5, 0.6) is 5.75 Å². The quantitative estimate of drug-likeness (QED) is 0.783. The Morgan fingerprint density at radius 3 is 2.55 bits per heavy atom. The number of benzene rings is 1. The summed E-state index contributed by atoms with van der Waals surface area (Å²) in [6, 6.07) is 7.67. The molecule has 0 aromatic heterocycles. The summed E-state index contributed by atoms with van der Waals surface area (Å²) >= 11 is 3.34. The maximum absolute atomic E-state index is 5.14. The topological polar surface area (TPSA) is 21.3 Å². The van der Waals surface area contributed by atoms with Gasteiger partial charge in [-0.05, 0) is 31.2 Å². The lowest BCUT2D eigenvalue weighted by Gasteiger charge is -2.03. The molecule has 1 N–H and O–H groups in total. The van der Waals surface area contributed by atoms with Gasteiger partial charge in [-0.3, -0.25) is 0 Å². The predicted octanol–water partition coefficient (Wildman–Crippen LogP) is 2.35. The van der Waals surface area contributed by atoms with Crippen molar-refractivity contribution in [3.63, 3.8) is 0 Å². The fourth-order valence-electron chi connectivity index (χ4n) is 0.658. The van der Waals surface area contributed by atoms with Gasteiger partial charge in [0.25, 0.3) is 0 Å². The Bertz CT molecular complexity index is 210. The van der Waals surface area contributed by atoms with Crippen molar-refractivity contribution in [3.05, 3.63) is 28.7 Å². The first kappa shape index (κ1) is 8.56. The van der Waals surface area contributed by atoms with E-state index in [1.54, 1.807) is 0 Å². The van der Waals surface area contributed by atoms with Crippen molar-refractivity contribution < 1.29 is 4.84 Å². The highest BCUT2D eigenvalue weighted by Gasteiger charge is 1.90. The third-order valence-corrected chi connectivity index (χ3v) is 1.68. The van der Waals surface area contributed by atoms with E-state index in [9.17, 15) is 0 Å². The normalized spacial score (nSPS) is 9.64. The van der Waals surface area contributed by atoms with E-state index in [0.717, 1.165) is 16.8 Å². The Balaban J connectivity index is 2.52. The zero-order valence-corrected chi connectivity index (χ0v) is 7.89. The van der Waals surface area contributed by atoms with Crippen LogP contribution < -0.4 is 10.3 Å². The van der Waals surface area contributed by atoms with Crippen LogP contribution in [0.25, 0.3) is 0 Å². The van der Waals surface area contributed by atoms with Gasteiger partial charge >= 0.3 is 0 Å². The molecular formula is C8H10BrNO. The molecule has 0 aliphatic rings. The fraction of sp³-hybridized carbons (Fsp3) is 0.250. The Morgan fingerprint density at radius 1 is 1.36 bits per heavy atom. The van der Waals surface area contributed by atoms with E-state index in [2.05, 4.69) is 21.4 Å². The summed E-state index contributed by atoms with van der Waals surface area (Å²) in [6.45, 7) is 2.79. The zero-order chi connectivity index (χ0) is 8.10. The summed E-state index contributed by atoms with van der Waals surface area (Å²) in [5.74, 6) is 0.829. The number of hydrogen-bond donors (Lipinski definition) is 1.